The summed E-state index contributed by atoms with van der Waals surface area (Å²) in [7, 11) is 0. The number of benzene rings is 1. The smallest absolute Gasteiger partial charge is 0.243 e. The Hall–Kier alpha value is -0.870. The topological polar surface area (TPSA) is 55.1 Å². The number of carbonyl (C=O) groups excluding carboxylic acids is 1. The summed E-state index contributed by atoms with van der Waals surface area (Å²) in [5.74, 6) is -0.195. The molecule has 0 saturated carbocycles. The molecule has 0 saturated heterocycles. The molecule has 0 bridgehead atoms. The van der Waals surface area contributed by atoms with E-state index in [2.05, 4.69) is 21.2 Å². The highest BCUT2D eigenvalue weighted by atomic mass is 79.9. The van der Waals surface area contributed by atoms with Crippen molar-refractivity contribution in [2.24, 2.45) is 5.73 Å². The van der Waals surface area contributed by atoms with E-state index in [0.29, 0.717) is 0 Å². The molecule has 0 fully saturated rings. The standard InChI is InChI=1S/C10H13BrN2O/c1-10(2,12)9(14)13-8-5-3-7(11)4-6-8/h3-6H,12H2,1-2H3,(H,13,14). The summed E-state index contributed by atoms with van der Waals surface area (Å²) in [4.78, 5) is 11.5. The number of nitrogens with one attached hydrogen (secondary N) is 1. The first-order chi connectivity index (χ1) is 6.39. The zero-order valence-electron chi connectivity index (χ0n) is 8.17. The zero-order chi connectivity index (χ0) is 10.8. The molecule has 0 aromatic heterocycles. The van der Waals surface area contributed by atoms with Crippen LogP contribution >= 0.6 is 15.9 Å². The van der Waals surface area contributed by atoms with Crippen LogP contribution < -0.4 is 11.1 Å². The zero-order valence-corrected chi connectivity index (χ0v) is 9.76. The summed E-state index contributed by atoms with van der Waals surface area (Å²) in [5.41, 5.74) is 5.53. The van der Waals surface area contributed by atoms with Gasteiger partial charge in [0, 0.05) is 10.2 Å². The van der Waals surface area contributed by atoms with Crippen LogP contribution in [0.15, 0.2) is 28.7 Å². The van der Waals surface area contributed by atoms with Gasteiger partial charge in [-0.3, -0.25) is 4.79 Å². The number of nitrogens with two attached hydrogens (primary N) is 1. The first kappa shape index (κ1) is 11.2. The van der Waals surface area contributed by atoms with E-state index >= 15 is 0 Å². The van der Waals surface area contributed by atoms with Crippen molar-refractivity contribution in [3.05, 3.63) is 28.7 Å². The van der Waals surface area contributed by atoms with Crippen LogP contribution in [0.1, 0.15) is 13.8 Å². The van der Waals surface area contributed by atoms with E-state index in [1.807, 2.05) is 24.3 Å². The SMILES string of the molecule is CC(C)(N)C(=O)Nc1ccc(Br)cc1. The van der Waals surface area contributed by atoms with Crippen LogP contribution in [0, 0.1) is 0 Å². The summed E-state index contributed by atoms with van der Waals surface area (Å²) in [5, 5.41) is 2.72. The van der Waals surface area contributed by atoms with Crippen molar-refractivity contribution in [1.82, 2.24) is 0 Å². The van der Waals surface area contributed by atoms with E-state index in [1.54, 1.807) is 13.8 Å². The summed E-state index contributed by atoms with van der Waals surface area (Å²) in [6, 6.07) is 7.35. The highest BCUT2D eigenvalue weighted by molar-refractivity contribution is 9.10. The van der Waals surface area contributed by atoms with Gasteiger partial charge in [0.1, 0.15) is 0 Å². The quantitative estimate of drug-likeness (QED) is 0.852. The normalized spacial score (nSPS) is 11.1. The molecule has 4 heteroatoms. The van der Waals surface area contributed by atoms with Crippen molar-refractivity contribution in [1.29, 1.82) is 0 Å². The van der Waals surface area contributed by atoms with Gasteiger partial charge in [0.25, 0.3) is 0 Å². The summed E-state index contributed by atoms with van der Waals surface area (Å²) in [6.45, 7) is 3.34. The molecule has 1 rings (SSSR count). The Labute approximate surface area is 91.8 Å². The van der Waals surface area contributed by atoms with E-state index in [-0.39, 0.29) is 5.91 Å². The monoisotopic (exact) mass is 256 g/mol. The highest BCUT2D eigenvalue weighted by Crippen LogP contribution is 2.15. The summed E-state index contributed by atoms with van der Waals surface area (Å²) >= 11 is 3.31. The van der Waals surface area contributed by atoms with Crippen LogP contribution in [0.4, 0.5) is 5.69 Å². The van der Waals surface area contributed by atoms with Crippen LogP contribution in [-0.2, 0) is 4.79 Å². The van der Waals surface area contributed by atoms with Crippen LogP contribution in [0.25, 0.3) is 0 Å². The maximum absolute atomic E-state index is 11.5. The molecular weight excluding hydrogens is 244 g/mol. The number of hydrogen-bond donors (Lipinski definition) is 2. The van der Waals surface area contributed by atoms with E-state index in [0.717, 1.165) is 10.2 Å². The number of halogens is 1. The summed E-state index contributed by atoms with van der Waals surface area (Å²) < 4.78 is 0.975. The molecule has 0 unspecified atom stereocenters. The fourth-order valence-corrected chi connectivity index (χ4v) is 1.09. The van der Waals surface area contributed by atoms with Crippen LogP contribution in [0.3, 0.4) is 0 Å². The number of carbonyl (C=O) groups is 1. The maximum Gasteiger partial charge on any atom is 0.243 e. The molecule has 3 N–H and O–H groups in total. The van der Waals surface area contributed by atoms with Crippen molar-refractivity contribution in [3.8, 4) is 0 Å². The Balaban J connectivity index is 2.71. The molecule has 1 amide bonds. The van der Waals surface area contributed by atoms with Gasteiger partial charge in [-0.25, -0.2) is 0 Å². The molecule has 0 spiro atoms. The molecule has 0 heterocycles. The van der Waals surface area contributed by atoms with Crippen LogP contribution in [-0.4, -0.2) is 11.4 Å². The molecule has 3 nitrogen and oxygen atoms in total. The third-order valence-electron chi connectivity index (χ3n) is 1.69. The lowest BCUT2D eigenvalue weighted by atomic mass is 10.1. The number of anilines is 1. The van der Waals surface area contributed by atoms with Crippen molar-refractivity contribution in [2.45, 2.75) is 19.4 Å². The first-order valence-corrected chi connectivity index (χ1v) is 5.05. The van der Waals surface area contributed by atoms with E-state index < -0.39 is 5.54 Å². The fraction of sp³-hybridized carbons (Fsp3) is 0.300. The molecule has 0 radical (unpaired) electrons. The van der Waals surface area contributed by atoms with Gasteiger partial charge in [-0.2, -0.15) is 0 Å². The fourth-order valence-electron chi connectivity index (χ4n) is 0.825. The van der Waals surface area contributed by atoms with Gasteiger partial charge in [0.15, 0.2) is 0 Å². The Morgan fingerprint density at radius 3 is 2.29 bits per heavy atom. The lowest BCUT2D eigenvalue weighted by molar-refractivity contribution is -0.120. The average Bonchev–Trinajstić information content (AvgIpc) is 2.07. The average molecular weight is 257 g/mol. The van der Waals surface area contributed by atoms with Crippen molar-refractivity contribution in [2.75, 3.05) is 5.32 Å². The Morgan fingerprint density at radius 1 is 1.36 bits per heavy atom. The Bertz CT molecular complexity index is 327. The van der Waals surface area contributed by atoms with Crippen molar-refractivity contribution < 1.29 is 4.79 Å². The number of hydrogen-bond acceptors (Lipinski definition) is 2. The first-order valence-electron chi connectivity index (χ1n) is 4.25. The number of amides is 1. The lowest BCUT2D eigenvalue weighted by Gasteiger charge is -2.17. The molecule has 0 atom stereocenters. The molecule has 1 aromatic rings. The molecule has 0 aliphatic rings. The van der Waals surface area contributed by atoms with Gasteiger partial charge in [-0.05, 0) is 38.1 Å². The van der Waals surface area contributed by atoms with Crippen molar-refractivity contribution >= 4 is 27.5 Å². The Kier molecular flexibility index (Phi) is 3.29. The summed E-state index contributed by atoms with van der Waals surface area (Å²) in [6.07, 6.45) is 0. The second kappa shape index (κ2) is 4.11. The molecule has 76 valence electrons. The van der Waals surface area contributed by atoms with Crippen LogP contribution in [0.5, 0.6) is 0 Å². The minimum Gasteiger partial charge on any atom is -0.325 e. The molecule has 0 aliphatic heterocycles. The molecular formula is C10H13BrN2O. The Morgan fingerprint density at radius 2 is 1.86 bits per heavy atom. The van der Waals surface area contributed by atoms with Crippen LogP contribution in [0.2, 0.25) is 0 Å². The van der Waals surface area contributed by atoms with Gasteiger partial charge in [0.05, 0.1) is 5.54 Å². The van der Waals surface area contributed by atoms with E-state index in [1.165, 1.54) is 0 Å². The van der Waals surface area contributed by atoms with Gasteiger partial charge in [0.2, 0.25) is 5.91 Å². The second-order valence-corrected chi connectivity index (χ2v) is 4.60. The predicted molar refractivity (Wildman–Crippen MR) is 61.0 cm³/mol. The highest BCUT2D eigenvalue weighted by Gasteiger charge is 2.21. The van der Waals surface area contributed by atoms with E-state index in [4.69, 9.17) is 5.73 Å². The van der Waals surface area contributed by atoms with Gasteiger partial charge >= 0.3 is 0 Å². The van der Waals surface area contributed by atoms with Gasteiger partial charge < -0.3 is 11.1 Å². The molecule has 0 aliphatic carbocycles. The van der Waals surface area contributed by atoms with Gasteiger partial charge in [-0.1, -0.05) is 15.9 Å². The largest absolute Gasteiger partial charge is 0.325 e. The third kappa shape index (κ3) is 3.12. The lowest BCUT2D eigenvalue weighted by Crippen LogP contribution is -2.45. The number of rotatable bonds is 2. The van der Waals surface area contributed by atoms with E-state index in [9.17, 15) is 4.79 Å². The molecule has 14 heavy (non-hydrogen) atoms. The predicted octanol–water partition coefficient (Wildman–Crippen LogP) is 2.12. The second-order valence-electron chi connectivity index (χ2n) is 3.68. The van der Waals surface area contributed by atoms with Crippen molar-refractivity contribution in [3.63, 3.8) is 0 Å². The minimum atomic E-state index is -0.854. The third-order valence-corrected chi connectivity index (χ3v) is 2.22. The van der Waals surface area contributed by atoms with Gasteiger partial charge in [-0.15, -0.1) is 0 Å². The minimum absolute atomic E-state index is 0.195. The maximum atomic E-state index is 11.5. The molecule has 1 aromatic carbocycles.